The number of nitrogens with one attached hydrogen (secondary N) is 2. The van der Waals surface area contributed by atoms with Crippen molar-refractivity contribution < 1.29 is 4.79 Å². The van der Waals surface area contributed by atoms with Crippen LogP contribution in [0.1, 0.15) is 36.9 Å². The third-order valence-corrected chi connectivity index (χ3v) is 4.86. The molecule has 0 radical (unpaired) electrons. The molecular formula is C17H21N5O. The average molecular weight is 311 g/mol. The van der Waals surface area contributed by atoms with Crippen molar-refractivity contribution in [3.05, 3.63) is 35.8 Å². The van der Waals surface area contributed by atoms with E-state index in [1.807, 2.05) is 17.0 Å². The Balaban J connectivity index is 1.52. The van der Waals surface area contributed by atoms with Crippen LogP contribution in [0.4, 0.5) is 4.79 Å². The number of urea groups is 1. The van der Waals surface area contributed by atoms with Gasteiger partial charge in [-0.1, -0.05) is 12.8 Å². The molecule has 2 aromatic heterocycles. The van der Waals surface area contributed by atoms with Gasteiger partial charge in [0.15, 0.2) is 0 Å². The van der Waals surface area contributed by atoms with Crippen LogP contribution >= 0.6 is 0 Å². The van der Waals surface area contributed by atoms with Crippen molar-refractivity contribution in [2.45, 2.75) is 44.7 Å². The van der Waals surface area contributed by atoms with Gasteiger partial charge in [-0.2, -0.15) is 5.10 Å². The molecule has 2 aromatic rings. The summed E-state index contributed by atoms with van der Waals surface area (Å²) in [4.78, 5) is 18.5. The molecule has 2 N–H and O–H groups in total. The molecule has 4 rings (SSSR count). The molecule has 1 saturated carbocycles. The van der Waals surface area contributed by atoms with E-state index in [4.69, 9.17) is 0 Å². The van der Waals surface area contributed by atoms with E-state index < -0.39 is 0 Å². The van der Waals surface area contributed by atoms with Crippen LogP contribution in [0, 0.1) is 0 Å². The summed E-state index contributed by atoms with van der Waals surface area (Å²) < 4.78 is 0. The largest absolute Gasteiger partial charge is 0.335 e. The summed E-state index contributed by atoms with van der Waals surface area (Å²) in [6, 6.07) is 4.32. The second-order valence-corrected chi connectivity index (χ2v) is 6.37. The summed E-state index contributed by atoms with van der Waals surface area (Å²) in [7, 11) is 0. The number of hydrogen-bond acceptors (Lipinski definition) is 3. The molecule has 2 amide bonds. The van der Waals surface area contributed by atoms with Crippen molar-refractivity contribution in [3.8, 4) is 11.3 Å². The van der Waals surface area contributed by atoms with Gasteiger partial charge in [0, 0.05) is 48.2 Å². The van der Waals surface area contributed by atoms with E-state index in [9.17, 15) is 4.79 Å². The lowest BCUT2D eigenvalue weighted by atomic mass is 10.0. The highest BCUT2D eigenvalue weighted by atomic mass is 16.2. The summed E-state index contributed by atoms with van der Waals surface area (Å²) in [5.41, 5.74) is 4.24. The van der Waals surface area contributed by atoms with Gasteiger partial charge in [0.05, 0.1) is 12.2 Å². The number of carbonyl (C=O) groups is 1. The van der Waals surface area contributed by atoms with E-state index in [0.29, 0.717) is 12.6 Å². The lowest BCUT2D eigenvalue weighted by Crippen LogP contribution is -2.45. The van der Waals surface area contributed by atoms with Crippen LogP contribution < -0.4 is 5.32 Å². The van der Waals surface area contributed by atoms with Gasteiger partial charge >= 0.3 is 6.03 Å². The minimum Gasteiger partial charge on any atom is -0.335 e. The van der Waals surface area contributed by atoms with Crippen LogP contribution in [0.3, 0.4) is 0 Å². The molecule has 23 heavy (non-hydrogen) atoms. The molecule has 1 aliphatic heterocycles. The summed E-state index contributed by atoms with van der Waals surface area (Å²) in [6.45, 7) is 1.35. The molecule has 0 atom stereocenters. The van der Waals surface area contributed by atoms with Gasteiger partial charge in [0.25, 0.3) is 0 Å². The first-order valence-corrected chi connectivity index (χ1v) is 8.33. The number of H-pyrrole nitrogens is 1. The molecule has 120 valence electrons. The molecule has 3 heterocycles. The second kappa shape index (κ2) is 6.02. The SMILES string of the molecule is O=C(NC1CCCC1)N1CCc2[nH]nc(-c3ccncc3)c2C1. The van der Waals surface area contributed by atoms with Crippen molar-refractivity contribution in [2.75, 3.05) is 6.54 Å². The van der Waals surface area contributed by atoms with Gasteiger partial charge in [-0.25, -0.2) is 4.79 Å². The molecule has 6 nitrogen and oxygen atoms in total. The molecule has 0 bridgehead atoms. The Bertz CT molecular complexity index is 690. The average Bonchev–Trinajstić information content (AvgIpc) is 3.24. The van der Waals surface area contributed by atoms with E-state index in [2.05, 4.69) is 20.5 Å². The number of pyridine rings is 1. The molecule has 0 saturated heterocycles. The van der Waals surface area contributed by atoms with Crippen molar-refractivity contribution in [2.24, 2.45) is 0 Å². The molecule has 0 unspecified atom stereocenters. The van der Waals surface area contributed by atoms with Gasteiger partial charge in [-0.05, 0) is 25.0 Å². The summed E-state index contributed by atoms with van der Waals surface area (Å²) >= 11 is 0. The summed E-state index contributed by atoms with van der Waals surface area (Å²) in [5.74, 6) is 0. The first-order chi connectivity index (χ1) is 11.3. The number of fused-ring (bicyclic) bond motifs is 1. The number of rotatable bonds is 2. The smallest absolute Gasteiger partial charge is 0.317 e. The zero-order valence-electron chi connectivity index (χ0n) is 13.1. The van der Waals surface area contributed by atoms with Gasteiger partial charge in [-0.15, -0.1) is 0 Å². The van der Waals surface area contributed by atoms with Gasteiger partial charge in [0.1, 0.15) is 0 Å². The molecule has 6 heteroatoms. The summed E-state index contributed by atoms with van der Waals surface area (Å²) in [5, 5.41) is 10.8. The van der Waals surface area contributed by atoms with E-state index >= 15 is 0 Å². The number of nitrogens with zero attached hydrogens (tertiary/aromatic N) is 3. The molecule has 0 spiro atoms. The fourth-order valence-corrected chi connectivity index (χ4v) is 3.55. The Morgan fingerprint density at radius 3 is 2.83 bits per heavy atom. The monoisotopic (exact) mass is 311 g/mol. The minimum absolute atomic E-state index is 0.0597. The Kier molecular flexibility index (Phi) is 3.73. The number of aromatic nitrogens is 3. The van der Waals surface area contributed by atoms with Crippen LogP contribution in [-0.2, 0) is 13.0 Å². The van der Waals surface area contributed by atoms with Gasteiger partial charge in [0.2, 0.25) is 0 Å². The number of carbonyl (C=O) groups excluding carboxylic acids is 1. The van der Waals surface area contributed by atoms with Gasteiger partial charge < -0.3 is 10.2 Å². The Labute approximate surface area is 135 Å². The second-order valence-electron chi connectivity index (χ2n) is 6.37. The standard InChI is InChI=1S/C17H21N5O/c23-17(19-13-3-1-2-4-13)22-10-7-15-14(11-22)16(21-20-15)12-5-8-18-9-6-12/h5-6,8-9,13H,1-4,7,10-11H2,(H,19,23)(H,20,21). The van der Waals surface area contributed by atoms with E-state index in [1.165, 1.54) is 12.8 Å². The Hall–Kier alpha value is -2.37. The van der Waals surface area contributed by atoms with Crippen LogP contribution in [-0.4, -0.2) is 38.7 Å². The van der Waals surface area contributed by atoms with Crippen molar-refractivity contribution in [3.63, 3.8) is 0 Å². The molecular weight excluding hydrogens is 290 g/mol. The summed E-state index contributed by atoms with van der Waals surface area (Å²) in [6.07, 6.45) is 9.03. The molecule has 2 aliphatic rings. The first kappa shape index (κ1) is 14.2. The maximum atomic E-state index is 12.5. The number of amides is 2. The predicted molar refractivity (Wildman–Crippen MR) is 86.7 cm³/mol. The molecule has 0 aromatic carbocycles. The highest BCUT2D eigenvalue weighted by Gasteiger charge is 2.27. The van der Waals surface area contributed by atoms with E-state index in [1.54, 1.807) is 12.4 Å². The van der Waals surface area contributed by atoms with Crippen LogP contribution in [0.15, 0.2) is 24.5 Å². The molecule has 1 aliphatic carbocycles. The quantitative estimate of drug-likeness (QED) is 0.895. The Morgan fingerprint density at radius 2 is 2.04 bits per heavy atom. The van der Waals surface area contributed by atoms with Crippen molar-refractivity contribution in [1.29, 1.82) is 0 Å². The number of hydrogen-bond donors (Lipinski definition) is 2. The minimum atomic E-state index is 0.0597. The number of aromatic amines is 1. The van der Waals surface area contributed by atoms with Gasteiger partial charge in [-0.3, -0.25) is 10.1 Å². The third kappa shape index (κ3) is 2.81. The normalized spacial score (nSPS) is 18.0. The fraction of sp³-hybridized carbons (Fsp3) is 0.471. The highest BCUT2D eigenvalue weighted by molar-refractivity contribution is 5.75. The van der Waals surface area contributed by atoms with E-state index in [-0.39, 0.29) is 6.03 Å². The zero-order valence-corrected chi connectivity index (χ0v) is 13.1. The maximum Gasteiger partial charge on any atom is 0.317 e. The van der Waals surface area contributed by atoms with Crippen molar-refractivity contribution >= 4 is 6.03 Å². The third-order valence-electron chi connectivity index (χ3n) is 4.86. The lowest BCUT2D eigenvalue weighted by Gasteiger charge is -2.28. The highest BCUT2D eigenvalue weighted by Crippen LogP contribution is 2.28. The first-order valence-electron chi connectivity index (χ1n) is 8.33. The van der Waals surface area contributed by atoms with Crippen LogP contribution in [0.2, 0.25) is 0 Å². The van der Waals surface area contributed by atoms with Crippen molar-refractivity contribution in [1.82, 2.24) is 25.4 Å². The lowest BCUT2D eigenvalue weighted by molar-refractivity contribution is 0.188. The maximum absolute atomic E-state index is 12.5. The fourth-order valence-electron chi connectivity index (χ4n) is 3.55. The zero-order chi connectivity index (χ0) is 15.6. The van der Waals surface area contributed by atoms with E-state index in [0.717, 1.165) is 48.3 Å². The van der Waals surface area contributed by atoms with Crippen LogP contribution in [0.25, 0.3) is 11.3 Å². The topological polar surface area (TPSA) is 73.9 Å². The van der Waals surface area contributed by atoms with Crippen LogP contribution in [0.5, 0.6) is 0 Å². The predicted octanol–water partition coefficient (Wildman–Crippen LogP) is 2.48. The molecule has 1 fully saturated rings. The Morgan fingerprint density at radius 1 is 1.26 bits per heavy atom.